The molecule has 1 nitrogen and oxygen atoms in total. The minimum Gasteiger partial charge on any atom is -0.508 e. The molecule has 0 aliphatic carbocycles. The molecule has 0 unspecified atom stereocenters. The van der Waals surface area contributed by atoms with Gasteiger partial charge in [-0.05, 0) is 42.7 Å². The molecule has 0 fully saturated rings. The highest BCUT2D eigenvalue weighted by Gasteiger charge is 2.05. The zero-order valence-electron chi connectivity index (χ0n) is 9.29. The van der Waals surface area contributed by atoms with E-state index in [1.807, 2.05) is 32.0 Å². The highest BCUT2D eigenvalue weighted by molar-refractivity contribution is 5.69. The molecule has 1 N–H and O–H groups in total. The third kappa shape index (κ3) is 2.06. The highest BCUT2D eigenvalue weighted by atomic mass is 19.1. The molecule has 0 atom stereocenters. The summed E-state index contributed by atoms with van der Waals surface area (Å²) >= 11 is 0. The molecule has 0 bridgehead atoms. The van der Waals surface area contributed by atoms with Gasteiger partial charge in [-0.3, -0.25) is 0 Å². The molecule has 16 heavy (non-hydrogen) atoms. The van der Waals surface area contributed by atoms with E-state index >= 15 is 0 Å². The first-order valence-corrected chi connectivity index (χ1v) is 5.13. The number of benzene rings is 2. The van der Waals surface area contributed by atoms with Crippen LogP contribution in [0.5, 0.6) is 5.75 Å². The second-order valence-electron chi connectivity index (χ2n) is 4.02. The van der Waals surface area contributed by atoms with Crippen molar-refractivity contribution >= 4 is 0 Å². The van der Waals surface area contributed by atoms with Gasteiger partial charge in [0.2, 0.25) is 0 Å². The number of phenolic OH excluding ortho intramolecular Hbond substituents is 1. The molecule has 0 saturated heterocycles. The van der Waals surface area contributed by atoms with Crippen LogP contribution >= 0.6 is 0 Å². The zero-order valence-corrected chi connectivity index (χ0v) is 9.29. The van der Waals surface area contributed by atoms with Crippen LogP contribution in [-0.4, -0.2) is 5.11 Å². The van der Waals surface area contributed by atoms with Crippen molar-refractivity contribution in [1.82, 2.24) is 0 Å². The summed E-state index contributed by atoms with van der Waals surface area (Å²) in [5, 5.41) is 9.38. The normalized spacial score (nSPS) is 10.4. The molecule has 0 radical (unpaired) electrons. The second kappa shape index (κ2) is 3.97. The van der Waals surface area contributed by atoms with Crippen LogP contribution in [0.1, 0.15) is 11.1 Å². The summed E-state index contributed by atoms with van der Waals surface area (Å²) in [6.07, 6.45) is 0. The lowest BCUT2D eigenvalue weighted by Gasteiger charge is -2.08. The molecule has 0 aliphatic heterocycles. The molecular formula is C14H13FO. The molecular weight excluding hydrogens is 203 g/mol. The Morgan fingerprint density at radius 3 is 2.44 bits per heavy atom. The summed E-state index contributed by atoms with van der Waals surface area (Å²) in [4.78, 5) is 0. The van der Waals surface area contributed by atoms with Gasteiger partial charge in [-0.1, -0.05) is 23.8 Å². The number of hydrogen-bond donors (Lipinski definition) is 1. The van der Waals surface area contributed by atoms with Crippen molar-refractivity contribution in [2.24, 2.45) is 0 Å². The van der Waals surface area contributed by atoms with Crippen LogP contribution in [-0.2, 0) is 0 Å². The summed E-state index contributed by atoms with van der Waals surface area (Å²) in [6, 6.07) is 10.1. The van der Waals surface area contributed by atoms with Crippen LogP contribution in [0.4, 0.5) is 4.39 Å². The Balaban J connectivity index is 2.62. The Bertz CT molecular complexity index is 512. The fraction of sp³-hybridized carbons (Fsp3) is 0.143. The Hall–Kier alpha value is -1.83. The molecule has 0 aromatic heterocycles. The lowest BCUT2D eigenvalue weighted by molar-refractivity contribution is 0.469. The number of hydrogen-bond acceptors (Lipinski definition) is 1. The molecule has 2 heteroatoms. The predicted molar refractivity (Wildman–Crippen MR) is 63.0 cm³/mol. The smallest absolute Gasteiger partial charge is 0.127 e. The number of phenols is 1. The summed E-state index contributed by atoms with van der Waals surface area (Å²) < 4.78 is 13.2. The number of aromatic hydroxyl groups is 1. The van der Waals surface area contributed by atoms with Gasteiger partial charge in [0.1, 0.15) is 11.6 Å². The van der Waals surface area contributed by atoms with Gasteiger partial charge in [0.15, 0.2) is 0 Å². The maximum Gasteiger partial charge on any atom is 0.127 e. The van der Waals surface area contributed by atoms with Crippen molar-refractivity contribution in [3.63, 3.8) is 0 Å². The van der Waals surface area contributed by atoms with E-state index in [-0.39, 0.29) is 5.75 Å². The first kappa shape index (κ1) is 10.7. The fourth-order valence-electron chi connectivity index (χ4n) is 1.78. The Morgan fingerprint density at radius 2 is 1.75 bits per heavy atom. The Morgan fingerprint density at radius 1 is 1.00 bits per heavy atom. The lowest BCUT2D eigenvalue weighted by Crippen LogP contribution is -1.86. The fourth-order valence-corrected chi connectivity index (χ4v) is 1.78. The van der Waals surface area contributed by atoms with E-state index in [4.69, 9.17) is 0 Å². The Kier molecular flexibility index (Phi) is 2.65. The largest absolute Gasteiger partial charge is 0.508 e. The molecule has 0 saturated carbocycles. The highest BCUT2D eigenvalue weighted by Crippen LogP contribution is 2.28. The van der Waals surface area contributed by atoms with Crippen LogP contribution < -0.4 is 0 Å². The number of rotatable bonds is 1. The minimum atomic E-state index is -0.420. The van der Waals surface area contributed by atoms with Gasteiger partial charge in [-0.15, -0.1) is 0 Å². The monoisotopic (exact) mass is 216 g/mol. The average molecular weight is 216 g/mol. The predicted octanol–water partition coefficient (Wildman–Crippen LogP) is 3.82. The average Bonchev–Trinajstić information content (AvgIpc) is 2.20. The third-order valence-corrected chi connectivity index (χ3v) is 2.59. The van der Waals surface area contributed by atoms with Gasteiger partial charge in [0, 0.05) is 6.07 Å². The van der Waals surface area contributed by atoms with E-state index < -0.39 is 5.82 Å². The maximum atomic E-state index is 13.2. The van der Waals surface area contributed by atoms with Gasteiger partial charge >= 0.3 is 0 Å². The topological polar surface area (TPSA) is 20.2 Å². The van der Waals surface area contributed by atoms with Crippen LogP contribution in [0.25, 0.3) is 11.1 Å². The summed E-state index contributed by atoms with van der Waals surface area (Å²) in [5.74, 6) is -0.466. The third-order valence-electron chi connectivity index (χ3n) is 2.59. The van der Waals surface area contributed by atoms with Crippen LogP contribution in [0.15, 0.2) is 36.4 Å². The van der Waals surface area contributed by atoms with Crippen molar-refractivity contribution in [1.29, 1.82) is 0 Å². The maximum absolute atomic E-state index is 13.2. The van der Waals surface area contributed by atoms with Crippen molar-refractivity contribution in [2.45, 2.75) is 13.8 Å². The van der Waals surface area contributed by atoms with E-state index in [1.165, 1.54) is 6.07 Å². The van der Waals surface area contributed by atoms with Gasteiger partial charge in [0.25, 0.3) is 0 Å². The van der Waals surface area contributed by atoms with Gasteiger partial charge in [-0.25, -0.2) is 4.39 Å². The van der Waals surface area contributed by atoms with Crippen LogP contribution in [0.3, 0.4) is 0 Å². The van der Waals surface area contributed by atoms with Crippen molar-refractivity contribution in [3.8, 4) is 16.9 Å². The first-order chi connectivity index (χ1) is 7.56. The minimum absolute atomic E-state index is 0.0455. The summed E-state index contributed by atoms with van der Waals surface area (Å²) in [6.45, 7) is 3.96. The van der Waals surface area contributed by atoms with Gasteiger partial charge < -0.3 is 5.11 Å². The van der Waals surface area contributed by atoms with Gasteiger partial charge in [-0.2, -0.15) is 0 Å². The van der Waals surface area contributed by atoms with E-state index in [1.54, 1.807) is 6.07 Å². The van der Waals surface area contributed by atoms with Crippen molar-refractivity contribution < 1.29 is 9.50 Å². The standard InChI is InChI=1S/C14H13FO/c1-9-3-4-10(2)14(5-9)11-6-12(15)8-13(16)7-11/h3-8,16H,1-2H3. The van der Waals surface area contributed by atoms with Crippen LogP contribution in [0, 0.1) is 19.7 Å². The number of halogens is 1. The number of aryl methyl sites for hydroxylation is 2. The zero-order chi connectivity index (χ0) is 11.7. The molecule has 2 aromatic rings. The van der Waals surface area contributed by atoms with E-state index in [2.05, 4.69) is 0 Å². The molecule has 2 rings (SSSR count). The SMILES string of the molecule is Cc1ccc(C)c(-c2cc(O)cc(F)c2)c1. The van der Waals surface area contributed by atoms with Crippen molar-refractivity contribution in [2.75, 3.05) is 0 Å². The molecule has 82 valence electrons. The molecule has 0 aliphatic rings. The molecule has 2 aromatic carbocycles. The quantitative estimate of drug-likeness (QED) is 0.768. The molecule has 0 amide bonds. The molecule has 0 spiro atoms. The first-order valence-electron chi connectivity index (χ1n) is 5.13. The second-order valence-corrected chi connectivity index (χ2v) is 4.02. The van der Waals surface area contributed by atoms with E-state index in [9.17, 15) is 9.50 Å². The Labute approximate surface area is 94.2 Å². The summed E-state index contributed by atoms with van der Waals surface area (Å²) in [7, 11) is 0. The summed E-state index contributed by atoms with van der Waals surface area (Å²) in [5.41, 5.74) is 3.84. The van der Waals surface area contributed by atoms with Crippen molar-refractivity contribution in [3.05, 3.63) is 53.3 Å². The lowest BCUT2D eigenvalue weighted by atomic mass is 9.98. The van der Waals surface area contributed by atoms with Gasteiger partial charge in [0.05, 0.1) is 0 Å². The van der Waals surface area contributed by atoms with Crippen LogP contribution in [0.2, 0.25) is 0 Å². The van der Waals surface area contributed by atoms with E-state index in [0.717, 1.165) is 22.8 Å². The van der Waals surface area contributed by atoms with E-state index in [0.29, 0.717) is 5.56 Å². The molecule has 0 heterocycles.